The first kappa shape index (κ1) is 14.8. The third kappa shape index (κ3) is 2.33. The van der Waals surface area contributed by atoms with E-state index in [1.165, 1.54) is 25.7 Å². The molecule has 4 fully saturated rings. The van der Waals surface area contributed by atoms with Crippen molar-refractivity contribution in [2.45, 2.75) is 82.2 Å². The maximum atomic E-state index is 10.6. The first-order valence-electron chi connectivity index (χ1n) is 8.57. The highest BCUT2D eigenvalue weighted by Gasteiger charge is 2.70. The molecule has 0 radical (unpaired) electrons. The van der Waals surface area contributed by atoms with E-state index in [4.69, 9.17) is 19.3 Å². The van der Waals surface area contributed by atoms with Crippen LogP contribution >= 0.6 is 0 Å². The summed E-state index contributed by atoms with van der Waals surface area (Å²) in [7, 11) is 0. The molecule has 0 spiro atoms. The molecule has 4 rings (SSSR count). The summed E-state index contributed by atoms with van der Waals surface area (Å²) < 4.78 is 17.0. The van der Waals surface area contributed by atoms with Gasteiger partial charge in [0.15, 0.2) is 0 Å². The molecule has 2 saturated heterocycles. The quantitative estimate of drug-likeness (QED) is 0.637. The van der Waals surface area contributed by atoms with Crippen molar-refractivity contribution in [2.75, 3.05) is 6.61 Å². The van der Waals surface area contributed by atoms with Crippen molar-refractivity contribution in [1.82, 2.24) is 0 Å². The molecule has 124 valence electrons. The van der Waals surface area contributed by atoms with Gasteiger partial charge < -0.3 is 19.3 Å². The standard InChI is InChI=1S/C17H26O5/c1-15(2)9-17(10-16-6-4-3-5-12(16)21-16)13(22-17)7-11(15)8-20-14(18)19/h11-13H,3-10H2,1-2H3,(H,18,19). The number of fused-ring (bicyclic) bond motifs is 2. The Morgan fingerprint density at radius 1 is 1.23 bits per heavy atom. The van der Waals surface area contributed by atoms with Crippen LogP contribution in [0.5, 0.6) is 0 Å². The number of carboxylic acid groups (broad SMARTS) is 1. The monoisotopic (exact) mass is 310 g/mol. The van der Waals surface area contributed by atoms with E-state index in [9.17, 15) is 4.79 Å². The van der Waals surface area contributed by atoms with Gasteiger partial charge in [-0.05, 0) is 31.1 Å². The molecule has 0 aromatic carbocycles. The van der Waals surface area contributed by atoms with Crippen LogP contribution < -0.4 is 0 Å². The van der Waals surface area contributed by atoms with Crippen molar-refractivity contribution in [3.05, 3.63) is 0 Å². The predicted molar refractivity (Wildman–Crippen MR) is 78.8 cm³/mol. The van der Waals surface area contributed by atoms with Crippen LogP contribution in [0.3, 0.4) is 0 Å². The lowest BCUT2D eigenvalue weighted by Gasteiger charge is -2.40. The average molecular weight is 310 g/mol. The number of hydrogen-bond acceptors (Lipinski definition) is 4. The van der Waals surface area contributed by atoms with Crippen LogP contribution in [0, 0.1) is 11.3 Å². The lowest BCUT2D eigenvalue weighted by molar-refractivity contribution is 0.0250. The average Bonchev–Trinajstić information content (AvgIpc) is 3.28. The number of rotatable bonds is 4. The maximum absolute atomic E-state index is 10.6. The van der Waals surface area contributed by atoms with Gasteiger partial charge in [-0.15, -0.1) is 0 Å². The molecule has 0 amide bonds. The zero-order valence-electron chi connectivity index (χ0n) is 13.5. The maximum Gasteiger partial charge on any atom is 0.505 e. The Bertz CT molecular complexity index is 489. The second-order valence-electron chi connectivity index (χ2n) is 8.44. The highest BCUT2D eigenvalue weighted by molar-refractivity contribution is 5.56. The molecule has 5 heteroatoms. The summed E-state index contributed by atoms with van der Waals surface area (Å²) in [5.74, 6) is 0.240. The molecule has 2 aliphatic heterocycles. The summed E-state index contributed by atoms with van der Waals surface area (Å²) in [5.41, 5.74) is 0.126. The molecule has 5 atom stereocenters. The summed E-state index contributed by atoms with van der Waals surface area (Å²) in [6, 6.07) is 0. The lowest BCUT2D eigenvalue weighted by Crippen LogP contribution is -2.42. The summed E-state index contributed by atoms with van der Waals surface area (Å²) in [6.45, 7) is 4.71. The number of carbonyl (C=O) groups is 1. The minimum Gasteiger partial charge on any atom is -0.450 e. The van der Waals surface area contributed by atoms with E-state index in [0.717, 1.165) is 19.3 Å². The number of ether oxygens (including phenoxy) is 3. The van der Waals surface area contributed by atoms with Gasteiger partial charge in [0.05, 0.1) is 30.0 Å². The van der Waals surface area contributed by atoms with Crippen LogP contribution in [0.2, 0.25) is 0 Å². The number of hydrogen-bond donors (Lipinski definition) is 1. The molecular weight excluding hydrogens is 284 g/mol. The first-order valence-corrected chi connectivity index (χ1v) is 8.57. The number of epoxide rings is 2. The summed E-state index contributed by atoms with van der Waals surface area (Å²) in [5, 5.41) is 8.73. The van der Waals surface area contributed by atoms with Gasteiger partial charge in [-0.25, -0.2) is 4.79 Å². The molecule has 2 heterocycles. The largest absolute Gasteiger partial charge is 0.505 e. The van der Waals surface area contributed by atoms with E-state index in [2.05, 4.69) is 13.8 Å². The Morgan fingerprint density at radius 3 is 2.73 bits per heavy atom. The Balaban J connectivity index is 1.41. The molecule has 0 aromatic rings. The van der Waals surface area contributed by atoms with E-state index < -0.39 is 6.16 Å². The summed E-state index contributed by atoms with van der Waals surface area (Å²) in [4.78, 5) is 10.6. The minimum absolute atomic E-state index is 0.0185. The lowest BCUT2D eigenvalue weighted by atomic mass is 9.63. The van der Waals surface area contributed by atoms with Crippen LogP contribution in [-0.2, 0) is 14.2 Å². The third-order valence-corrected chi connectivity index (χ3v) is 6.49. The summed E-state index contributed by atoms with van der Waals surface area (Å²) in [6.07, 6.45) is 7.43. The molecule has 1 N–H and O–H groups in total. The molecular formula is C17H26O5. The van der Waals surface area contributed by atoms with Crippen LogP contribution in [0.4, 0.5) is 4.79 Å². The molecule has 22 heavy (non-hydrogen) atoms. The fourth-order valence-corrected chi connectivity index (χ4v) is 5.14. The van der Waals surface area contributed by atoms with Crippen LogP contribution in [0.1, 0.15) is 58.8 Å². The fraction of sp³-hybridized carbons (Fsp3) is 0.941. The normalized spacial score (nSPS) is 48.0. The Kier molecular flexibility index (Phi) is 3.09. The van der Waals surface area contributed by atoms with Gasteiger partial charge in [-0.2, -0.15) is 0 Å². The van der Waals surface area contributed by atoms with Crippen LogP contribution in [0.25, 0.3) is 0 Å². The van der Waals surface area contributed by atoms with Gasteiger partial charge in [0.25, 0.3) is 0 Å². The Morgan fingerprint density at radius 2 is 2.00 bits per heavy atom. The zero-order chi connectivity index (χ0) is 15.6. The second kappa shape index (κ2) is 4.60. The van der Waals surface area contributed by atoms with Gasteiger partial charge in [0.2, 0.25) is 0 Å². The first-order chi connectivity index (χ1) is 10.4. The van der Waals surface area contributed by atoms with Gasteiger partial charge in [0, 0.05) is 12.3 Å². The van der Waals surface area contributed by atoms with Crippen molar-refractivity contribution in [1.29, 1.82) is 0 Å². The van der Waals surface area contributed by atoms with Gasteiger partial charge in [-0.3, -0.25) is 0 Å². The van der Waals surface area contributed by atoms with E-state index in [1.54, 1.807) is 0 Å². The smallest absolute Gasteiger partial charge is 0.450 e. The van der Waals surface area contributed by atoms with Crippen molar-refractivity contribution < 1.29 is 24.1 Å². The molecule has 5 unspecified atom stereocenters. The van der Waals surface area contributed by atoms with E-state index in [1.807, 2.05) is 0 Å². The van der Waals surface area contributed by atoms with Crippen LogP contribution in [-0.4, -0.2) is 41.3 Å². The third-order valence-electron chi connectivity index (χ3n) is 6.49. The Hall–Kier alpha value is -0.810. The van der Waals surface area contributed by atoms with E-state index >= 15 is 0 Å². The van der Waals surface area contributed by atoms with Crippen molar-refractivity contribution in [3.8, 4) is 0 Å². The van der Waals surface area contributed by atoms with Crippen LogP contribution in [0.15, 0.2) is 0 Å². The van der Waals surface area contributed by atoms with E-state index in [-0.39, 0.29) is 35.2 Å². The van der Waals surface area contributed by atoms with Crippen molar-refractivity contribution >= 4 is 6.16 Å². The van der Waals surface area contributed by atoms with Gasteiger partial charge >= 0.3 is 6.16 Å². The SMILES string of the molecule is CC1(C)CC2(CC34CCCCC3O4)OC2CC1COC(=O)O. The highest BCUT2D eigenvalue weighted by Crippen LogP contribution is 2.64. The topological polar surface area (TPSA) is 71.6 Å². The van der Waals surface area contributed by atoms with Crippen molar-refractivity contribution in [2.24, 2.45) is 11.3 Å². The van der Waals surface area contributed by atoms with Gasteiger partial charge in [0.1, 0.15) is 0 Å². The molecule has 2 saturated carbocycles. The molecule has 0 aromatic heterocycles. The fourth-order valence-electron chi connectivity index (χ4n) is 5.14. The molecule has 0 bridgehead atoms. The van der Waals surface area contributed by atoms with Gasteiger partial charge in [-0.1, -0.05) is 26.7 Å². The molecule has 5 nitrogen and oxygen atoms in total. The predicted octanol–water partition coefficient (Wildman–Crippen LogP) is 3.36. The summed E-state index contributed by atoms with van der Waals surface area (Å²) >= 11 is 0. The molecule has 4 aliphatic rings. The highest BCUT2D eigenvalue weighted by atomic mass is 16.7. The van der Waals surface area contributed by atoms with E-state index in [0.29, 0.717) is 6.10 Å². The second-order valence-corrected chi connectivity index (χ2v) is 8.44. The minimum atomic E-state index is -1.18. The Labute approximate surface area is 131 Å². The molecule has 2 aliphatic carbocycles. The zero-order valence-corrected chi connectivity index (χ0v) is 13.5. The van der Waals surface area contributed by atoms with Crippen molar-refractivity contribution in [3.63, 3.8) is 0 Å².